The molecule has 0 bridgehead atoms. The van der Waals surface area contributed by atoms with Gasteiger partial charge in [-0.3, -0.25) is 4.79 Å². The van der Waals surface area contributed by atoms with Gasteiger partial charge in [0.2, 0.25) is 11.9 Å². The van der Waals surface area contributed by atoms with Gasteiger partial charge in [-0.2, -0.15) is 5.26 Å². The number of hydrogen-bond donors (Lipinski definition) is 2. The van der Waals surface area contributed by atoms with Crippen LogP contribution in [-0.4, -0.2) is 46.5 Å². The van der Waals surface area contributed by atoms with Gasteiger partial charge in [0, 0.05) is 38.3 Å². The molecule has 1 aromatic carbocycles. The summed E-state index contributed by atoms with van der Waals surface area (Å²) in [4.78, 5) is 24.9. The van der Waals surface area contributed by atoms with Crippen molar-refractivity contribution in [3.63, 3.8) is 0 Å². The predicted molar refractivity (Wildman–Crippen MR) is 124 cm³/mol. The molecule has 1 saturated carbocycles. The van der Waals surface area contributed by atoms with E-state index in [4.69, 9.17) is 0 Å². The van der Waals surface area contributed by atoms with E-state index in [1.54, 1.807) is 12.3 Å². The van der Waals surface area contributed by atoms with E-state index < -0.39 is 0 Å². The number of nitrogens with zero attached hydrogens (tertiary/aromatic N) is 5. The number of carbonyl (C=O) groups is 1. The van der Waals surface area contributed by atoms with Gasteiger partial charge in [-0.1, -0.05) is 12.1 Å². The largest absolute Gasteiger partial charge is 0.354 e. The summed E-state index contributed by atoms with van der Waals surface area (Å²) in [5.41, 5.74) is 3.25. The molecule has 2 aromatic rings. The van der Waals surface area contributed by atoms with Gasteiger partial charge in [0.25, 0.3) is 0 Å². The summed E-state index contributed by atoms with van der Waals surface area (Å²) < 4.78 is 0. The van der Waals surface area contributed by atoms with E-state index >= 15 is 0 Å². The smallest absolute Gasteiger partial charge is 0.223 e. The SMILES string of the molecule is N#C/C(=C1/Nc2ccccc2N1C1CCC1)c1ccnc(NCCCN2CCCC2=O)n1. The summed E-state index contributed by atoms with van der Waals surface area (Å²) in [6, 6.07) is 12.7. The van der Waals surface area contributed by atoms with Crippen LogP contribution in [0.1, 0.15) is 44.2 Å². The molecule has 3 aliphatic rings. The first kappa shape index (κ1) is 20.3. The monoisotopic (exact) mass is 429 g/mol. The van der Waals surface area contributed by atoms with E-state index in [1.165, 1.54) is 6.42 Å². The molecular formula is C24H27N7O. The maximum absolute atomic E-state index is 11.7. The molecule has 164 valence electrons. The third-order valence-electron chi connectivity index (χ3n) is 6.42. The molecule has 1 aliphatic carbocycles. The Balaban J connectivity index is 1.33. The molecule has 2 aliphatic heterocycles. The second-order valence-electron chi connectivity index (χ2n) is 8.46. The van der Waals surface area contributed by atoms with Crippen molar-refractivity contribution in [2.75, 3.05) is 35.2 Å². The Morgan fingerprint density at radius 3 is 2.88 bits per heavy atom. The number of anilines is 3. The van der Waals surface area contributed by atoms with Crippen molar-refractivity contribution in [1.82, 2.24) is 14.9 Å². The minimum absolute atomic E-state index is 0.245. The number of hydrogen-bond acceptors (Lipinski definition) is 7. The molecule has 8 nitrogen and oxygen atoms in total. The fraction of sp³-hybridized carbons (Fsp3) is 0.417. The van der Waals surface area contributed by atoms with Crippen LogP contribution in [0.2, 0.25) is 0 Å². The van der Waals surface area contributed by atoms with Crippen LogP contribution in [0.15, 0.2) is 42.3 Å². The summed E-state index contributed by atoms with van der Waals surface area (Å²) in [5.74, 6) is 1.54. The average Bonchev–Trinajstić information content (AvgIpc) is 3.35. The molecule has 0 atom stereocenters. The highest BCUT2D eigenvalue weighted by Crippen LogP contribution is 2.44. The summed E-state index contributed by atoms with van der Waals surface area (Å²) in [5, 5.41) is 16.8. The van der Waals surface area contributed by atoms with Crippen molar-refractivity contribution in [1.29, 1.82) is 5.26 Å². The molecule has 0 unspecified atom stereocenters. The molecule has 0 spiro atoms. The lowest BCUT2D eigenvalue weighted by Crippen LogP contribution is -2.39. The average molecular weight is 430 g/mol. The van der Waals surface area contributed by atoms with Gasteiger partial charge >= 0.3 is 0 Å². The quantitative estimate of drug-likeness (QED) is 0.513. The van der Waals surface area contributed by atoms with Crippen molar-refractivity contribution in [3.8, 4) is 6.07 Å². The van der Waals surface area contributed by atoms with Gasteiger partial charge in [0.1, 0.15) is 17.5 Å². The van der Waals surface area contributed by atoms with E-state index in [2.05, 4.69) is 37.6 Å². The molecule has 2 N–H and O–H groups in total. The lowest BCUT2D eigenvalue weighted by atomic mass is 9.91. The Morgan fingerprint density at radius 2 is 2.12 bits per heavy atom. The van der Waals surface area contributed by atoms with Crippen molar-refractivity contribution in [2.24, 2.45) is 0 Å². The lowest BCUT2D eigenvalue weighted by Gasteiger charge is -2.37. The highest BCUT2D eigenvalue weighted by molar-refractivity contribution is 5.91. The molecule has 2 fully saturated rings. The van der Waals surface area contributed by atoms with Gasteiger partial charge in [-0.25, -0.2) is 9.97 Å². The van der Waals surface area contributed by atoms with E-state index in [0.717, 1.165) is 56.0 Å². The number of likely N-dealkylation sites (tertiary alicyclic amines) is 1. The number of carbonyl (C=O) groups excluding carboxylic acids is 1. The predicted octanol–water partition coefficient (Wildman–Crippen LogP) is 3.58. The topological polar surface area (TPSA) is 97.2 Å². The van der Waals surface area contributed by atoms with Crippen LogP contribution in [0.4, 0.5) is 17.3 Å². The van der Waals surface area contributed by atoms with Crippen molar-refractivity contribution in [2.45, 2.75) is 44.6 Å². The highest BCUT2D eigenvalue weighted by Gasteiger charge is 2.35. The minimum Gasteiger partial charge on any atom is -0.354 e. The summed E-state index contributed by atoms with van der Waals surface area (Å²) >= 11 is 0. The van der Waals surface area contributed by atoms with Crippen LogP contribution >= 0.6 is 0 Å². The first-order chi connectivity index (χ1) is 15.7. The molecule has 1 saturated heterocycles. The fourth-order valence-corrected chi connectivity index (χ4v) is 4.53. The van der Waals surface area contributed by atoms with E-state index in [0.29, 0.717) is 36.2 Å². The van der Waals surface area contributed by atoms with Crippen molar-refractivity contribution >= 4 is 28.8 Å². The molecule has 5 rings (SSSR count). The highest BCUT2D eigenvalue weighted by atomic mass is 16.2. The standard InChI is InChI=1S/C24H27N7O/c25-16-18(23-28-20-8-1-2-9-21(20)31(23)17-6-3-7-17)19-11-13-27-24(29-19)26-12-5-15-30-14-4-10-22(30)32/h1-2,8-9,11,13,17,28H,3-7,10,12,14-15H2,(H,26,27,29)/b23-18+. The van der Waals surface area contributed by atoms with Crippen LogP contribution in [-0.2, 0) is 4.79 Å². The van der Waals surface area contributed by atoms with Crippen LogP contribution < -0.4 is 15.5 Å². The number of fused-ring (bicyclic) bond motifs is 1. The lowest BCUT2D eigenvalue weighted by molar-refractivity contribution is -0.127. The zero-order valence-electron chi connectivity index (χ0n) is 18.0. The second kappa shape index (κ2) is 8.87. The van der Waals surface area contributed by atoms with Crippen LogP contribution in [0.25, 0.3) is 5.57 Å². The van der Waals surface area contributed by atoms with E-state index in [-0.39, 0.29) is 5.91 Å². The zero-order valence-corrected chi connectivity index (χ0v) is 18.0. The molecular weight excluding hydrogens is 402 g/mol. The van der Waals surface area contributed by atoms with Crippen molar-refractivity contribution in [3.05, 3.63) is 48.0 Å². The Labute approximate surface area is 188 Å². The maximum atomic E-state index is 11.7. The van der Waals surface area contributed by atoms with Gasteiger partial charge < -0.3 is 20.4 Å². The summed E-state index contributed by atoms with van der Waals surface area (Å²) in [7, 11) is 0. The zero-order chi connectivity index (χ0) is 21.9. The number of para-hydroxylation sites is 2. The molecule has 3 heterocycles. The number of allylic oxidation sites excluding steroid dienone is 1. The Kier molecular flexibility index (Phi) is 5.63. The minimum atomic E-state index is 0.245. The van der Waals surface area contributed by atoms with Crippen molar-refractivity contribution < 1.29 is 4.79 Å². The first-order valence-electron chi connectivity index (χ1n) is 11.4. The number of aromatic nitrogens is 2. The molecule has 1 amide bonds. The molecule has 8 heteroatoms. The number of benzene rings is 1. The molecule has 1 aromatic heterocycles. The van der Waals surface area contributed by atoms with E-state index in [9.17, 15) is 10.1 Å². The Hall–Kier alpha value is -3.60. The van der Waals surface area contributed by atoms with Crippen LogP contribution in [0.5, 0.6) is 0 Å². The van der Waals surface area contributed by atoms with Gasteiger partial charge in [0.05, 0.1) is 17.1 Å². The number of rotatable bonds is 7. The van der Waals surface area contributed by atoms with Crippen LogP contribution in [0.3, 0.4) is 0 Å². The number of amides is 1. The van der Waals surface area contributed by atoms with E-state index in [1.807, 2.05) is 23.1 Å². The maximum Gasteiger partial charge on any atom is 0.223 e. The van der Waals surface area contributed by atoms with Gasteiger partial charge in [0.15, 0.2) is 0 Å². The molecule has 0 radical (unpaired) electrons. The van der Waals surface area contributed by atoms with Crippen LogP contribution in [0, 0.1) is 11.3 Å². The summed E-state index contributed by atoms with van der Waals surface area (Å²) in [6.07, 6.45) is 7.59. The van der Waals surface area contributed by atoms with Gasteiger partial charge in [-0.15, -0.1) is 0 Å². The fourth-order valence-electron chi connectivity index (χ4n) is 4.53. The van der Waals surface area contributed by atoms with Gasteiger partial charge in [-0.05, 0) is 50.3 Å². The Morgan fingerprint density at radius 1 is 1.25 bits per heavy atom. The summed E-state index contributed by atoms with van der Waals surface area (Å²) in [6.45, 7) is 2.28. The second-order valence-corrected chi connectivity index (χ2v) is 8.46. The third-order valence-corrected chi connectivity index (χ3v) is 6.42. The third kappa shape index (κ3) is 3.86. The number of nitriles is 1. The molecule has 32 heavy (non-hydrogen) atoms. The normalized spacial score (nSPS) is 19.3. The first-order valence-corrected chi connectivity index (χ1v) is 11.4. The number of nitrogens with one attached hydrogen (secondary N) is 2. The Bertz CT molecular complexity index is 1090.